The van der Waals surface area contributed by atoms with Crippen molar-refractivity contribution in [1.82, 2.24) is 25.3 Å². The Balaban J connectivity index is 0.921. The highest BCUT2D eigenvalue weighted by Gasteiger charge is 2.40. The number of piperidine rings is 2. The number of nitrogens with one attached hydrogen (secondary N) is 1. The molecule has 4 heterocycles. The topological polar surface area (TPSA) is 178 Å². The molecule has 3 aliphatic heterocycles. The van der Waals surface area contributed by atoms with Gasteiger partial charge in [0.15, 0.2) is 11.5 Å². The lowest BCUT2D eigenvalue weighted by Crippen LogP contribution is -2.58. The second-order valence-electron chi connectivity index (χ2n) is 14.9. The van der Waals surface area contributed by atoms with Gasteiger partial charge in [-0.25, -0.2) is 0 Å². The summed E-state index contributed by atoms with van der Waals surface area (Å²) in [5, 5.41) is 20.1. The van der Waals surface area contributed by atoms with Crippen molar-refractivity contribution in [3.05, 3.63) is 76.4 Å². The van der Waals surface area contributed by atoms with Crippen LogP contribution in [0.1, 0.15) is 77.8 Å². The van der Waals surface area contributed by atoms with Crippen molar-refractivity contribution in [3.63, 3.8) is 0 Å². The molecule has 0 bridgehead atoms. The van der Waals surface area contributed by atoms with Gasteiger partial charge in [0.05, 0.1) is 16.7 Å². The van der Waals surface area contributed by atoms with Crippen molar-refractivity contribution in [1.29, 1.82) is 5.26 Å². The van der Waals surface area contributed by atoms with Crippen LogP contribution in [-0.4, -0.2) is 108 Å². The number of amides is 4. The zero-order valence-corrected chi connectivity index (χ0v) is 31.5. The first-order valence-electron chi connectivity index (χ1n) is 19.1. The maximum atomic E-state index is 14.2. The molecule has 0 radical (unpaired) electrons. The first kappa shape index (κ1) is 38.0. The van der Waals surface area contributed by atoms with Gasteiger partial charge < -0.3 is 25.2 Å². The molecule has 4 fully saturated rings. The molecule has 4 amide bonds. The number of aromatic nitrogens is 2. The SMILES string of the molecule is N#Cc1ccc(OC2CCC(N(C(=O)c3ccc(N4CCN(CC5CCN(c6ccc(C(N)=O)nn6)CC5)CC4)cc3)C3CCC(=O)NC3=O)CC2)cc1Cl. The number of nitrogens with two attached hydrogens (primary N) is 1. The summed E-state index contributed by atoms with van der Waals surface area (Å²) < 4.78 is 6.19. The minimum absolute atomic E-state index is 0.0950. The standard InChI is InChI=1S/C40H46ClN9O5/c41-33-23-32(8-3-28(33)24-42)55-31-9-6-30(7-10-31)50(35-12-14-37(51)44-39(35)53)40(54)27-1-4-29(5-2-27)48-21-19-47(20-22-48)25-26-15-17-49(18-16-26)36-13-11-34(38(43)52)45-46-36/h1-5,8,11,13,23,26,30-31,35H,6-7,9-10,12,14-22,25H2,(H2,43,52)(H,44,51,53). The lowest BCUT2D eigenvalue weighted by Gasteiger charge is -2.42. The fourth-order valence-electron chi connectivity index (χ4n) is 8.29. The number of nitriles is 1. The summed E-state index contributed by atoms with van der Waals surface area (Å²) in [5.41, 5.74) is 7.42. The van der Waals surface area contributed by atoms with E-state index in [9.17, 15) is 24.4 Å². The third kappa shape index (κ3) is 9.01. The molecule has 14 nitrogen and oxygen atoms in total. The number of hydrogen-bond acceptors (Lipinski definition) is 11. The molecule has 1 atom stereocenters. The molecule has 1 aromatic heterocycles. The van der Waals surface area contributed by atoms with E-state index in [-0.39, 0.29) is 36.1 Å². The van der Waals surface area contributed by atoms with E-state index in [1.807, 2.05) is 30.3 Å². The van der Waals surface area contributed by atoms with Crippen LogP contribution in [0.15, 0.2) is 54.6 Å². The molecule has 4 aliphatic rings. The maximum Gasteiger partial charge on any atom is 0.269 e. The molecule has 2 aromatic carbocycles. The van der Waals surface area contributed by atoms with E-state index < -0.39 is 17.9 Å². The number of rotatable bonds is 10. The van der Waals surface area contributed by atoms with Crippen molar-refractivity contribution in [2.75, 3.05) is 55.6 Å². The van der Waals surface area contributed by atoms with E-state index in [2.05, 4.69) is 36.3 Å². The van der Waals surface area contributed by atoms with E-state index in [0.29, 0.717) is 59.9 Å². The van der Waals surface area contributed by atoms with Crippen LogP contribution in [0.5, 0.6) is 5.75 Å². The Morgan fingerprint density at radius 2 is 1.62 bits per heavy atom. The van der Waals surface area contributed by atoms with Crippen LogP contribution >= 0.6 is 11.6 Å². The fraction of sp³-hybridized carbons (Fsp3) is 0.475. The van der Waals surface area contributed by atoms with Crippen molar-refractivity contribution < 1.29 is 23.9 Å². The van der Waals surface area contributed by atoms with Crippen LogP contribution in [0.2, 0.25) is 5.02 Å². The average molecular weight is 768 g/mol. The number of benzene rings is 2. The summed E-state index contributed by atoms with van der Waals surface area (Å²) in [6, 6.07) is 17.3. The van der Waals surface area contributed by atoms with Crippen LogP contribution < -0.4 is 25.6 Å². The minimum Gasteiger partial charge on any atom is -0.490 e. The third-order valence-corrected chi connectivity index (χ3v) is 11.7. The highest BCUT2D eigenvalue weighted by atomic mass is 35.5. The molecule has 0 spiro atoms. The van der Waals surface area contributed by atoms with Crippen LogP contribution in [-0.2, 0) is 9.59 Å². The van der Waals surface area contributed by atoms with E-state index in [0.717, 1.165) is 70.2 Å². The van der Waals surface area contributed by atoms with Crippen molar-refractivity contribution in [2.24, 2.45) is 11.7 Å². The first-order chi connectivity index (χ1) is 26.6. The summed E-state index contributed by atoms with van der Waals surface area (Å²) in [6.07, 6.45) is 5.13. The second kappa shape index (κ2) is 17.0. The summed E-state index contributed by atoms with van der Waals surface area (Å²) >= 11 is 6.21. The molecule has 7 rings (SSSR count). The van der Waals surface area contributed by atoms with Crippen LogP contribution in [0, 0.1) is 17.2 Å². The molecule has 3 saturated heterocycles. The Bertz CT molecular complexity index is 1910. The Morgan fingerprint density at radius 1 is 0.891 bits per heavy atom. The first-order valence-corrected chi connectivity index (χ1v) is 19.5. The van der Waals surface area contributed by atoms with Gasteiger partial charge in [-0.3, -0.25) is 29.4 Å². The number of carbonyl (C=O) groups is 4. The summed E-state index contributed by atoms with van der Waals surface area (Å²) in [4.78, 5) is 59.5. The molecule has 288 valence electrons. The average Bonchev–Trinajstić information content (AvgIpc) is 3.20. The molecule has 1 aliphatic carbocycles. The monoisotopic (exact) mass is 767 g/mol. The third-order valence-electron chi connectivity index (χ3n) is 11.4. The van der Waals surface area contributed by atoms with Crippen molar-refractivity contribution >= 4 is 46.7 Å². The molecule has 3 aromatic rings. The number of ether oxygens (including phenoxy) is 1. The Kier molecular flexibility index (Phi) is 11.8. The highest BCUT2D eigenvalue weighted by Crippen LogP contribution is 2.32. The molecule has 15 heteroatoms. The van der Waals surface area contributed by atoms with Gasteiger partial charge >= 0.3 is 0 Å². The summed E-state index contributed by atoms with van der Waals surface area (Å²) in [7, 11) is 0. The fourth-order valence-corrected chi connectivity index (χ4v) is 8.50. The molecule has 1 unspecified atom stereocenters. The van der Waals surface area contributed by atoms with Gasteiger partial charge in [0.1, 0.15) is 17.9 Å². The normalized spacial score (nSPS) is 22.4. The van der Waals surface area contributed by atoms with Crippen LogP contribution in [0.3, 0.4) is 0 Å². The highest BCUT2D eigenvalue weighted by molar-refractivity contribution is 6.31. The van der Waals surface area contributed by atoms with E-state index in [1.165, 1.54) is 0 Å². The zero-order valence-electron chi connectivity index (χ0n) is 30.7. The van der Waals surface area contributed by atoms with Gasteiger partial charge in [0, 0.05) is 75.6 Å². The second-order valence-corrected chi connectivity index (χ2v) is 15.3. The van der Waals surface area contributed by atoms with E-state index in [1.54, 1.807) is 29.2 Å². The van der Waals surface area contributed by atoms with Crippen LogP contribution in [0.25, 0.3) is 0 Å². The Labute approximate surface area is 325 Å². The van der Waals surface area contributed by atoms with E-state index >= 15 is 0 Å². The maximum absolute atomic E-state index is 14.2. The zero-order chi connectivity index (χ0) is 38.5. The number of nitrogens with zero attached hydrogens (tertiary/aromatic N) is 7. The van der Waals surface area contributed by atoms with Gasteiger partial charge in [-0.2, -0.15) is 5.26 Å². The summed E-state index contributed by atoms with van der Waals surface area (Å²) in [6.45, 7) is 6.52. The number of piperazine rings is 1. The van der Waals surface area contributed by atoms with Crippen molar-refractivity contribution in [3.8, 4) is 11.8 Å². The number of imide groups is 1. The molecular formula is C40H46ClN9O5. The largest absolute Gasteiger partial charge is 0.490 e. The molecule has 55 heavy (non-hydrogen) atoms. The van der Waals surface area contributed by atoms with Gasteiger partial charge in [0.2, 0.25) is 11.8 Å². The lowest BCUT2D eigenvalue weighted by atomic mass is 9.89. The van der Waals surface area contributed by atoms with Gasteiger partial charge in [0.25, 0.3) is 11.8 Å². The van der Waals surface area contributed by atoms with Crippen LogP contribution in [0.4, 0.5) is 11.5 Å². The van der Waals surface area contributed by atoms with E-state index in [4.69, 9.17) is 22.1 Å². The molecular weight excluding hydrogens is 722 g/mol. The minimum atomic E-state index is -0.728. The van der Waals surface area contributed by atoms with Gasteiger partial charge in [-0.05, 0) is 99.4 Å². The Hall–Kier alpha value is -5.26. The number of hydrogen-bond donors (Lipinski definition) is 2. The number of anilines is 2. The predicted octanol–water partition coefficient (Wildman–Crippen LogP) is 3.78. The number of carbonyl (C=O) groups excluding carboxylic acids is 4. The van der Waals surface area contributed by atoms with Gasteiger partial charge in [-0.15, -0.1) is 10.2 Å². The number of halogens is 1. The predicted molar refractivity (Wildman–Crippen MR) is 206 cm³/mol. The number of primary amides is 1. The quantitative estimate of drug-likeness (QED) is 0.287. The Morgan fingerprint density at radius 3 is 2.24 bits per heavy atom. The smallest absolute Gasteiger partial charge is 0.269 e. The molecule has 1 saturated carbocycles. The molecule has 3 N–H and O–H groups in total. The summed E-state index contributed by atoms with van der Waals surface area (Å²) in [5.74, 6) is 0.423. The lowest BCUT2D eigenvalue weighted by molar-refractivity contribution is -0.137. The van der Waals surface area contributed by atoms with Gasteiger partial charge in [-0.1, -0.05) is 11.6 Å². The van der Waals surface area contributed by atoms with Crippen molar-refractivity contribution in [2.45, 2.75) is 69.6 Å².